The number of fused-ring (bicyclic) bond motifs is 1. The molecule has 1 aromatic carbocycles. The van der Waals surface area contributed by atoms with Gasteiger partial charge in [0.05, 0.1) is 6.10 Å². The first kappa shape index (κ1) is 11.9. The van der Waals surface area contributed by atoms with Crippen molar-refractivity contribution in [2.24, 2.45) is 0 Å². The van der Waals surface area contributed by atoms with Gasteiger partial charge >= 0.3 is 0 Å². The molecule has 1 aliphatic rings. The third-order valence-corrected chi connectivity index (χ3v) is 3.91. The SMILES string of the molecule is CCC[C@@H](C)c1c(Cl)ccc2c1CCC2O. The van der Waals surface area contributed by atoms with Crippen molar-refractivity contribution in [3.63, 3.8) is 0 Å². The largest absolute Gasteiger partial charge is 0.388 e. The number of aliphatic hydroxyl groups is 1. The molecule has 1 nitrogen and oxygen atoms in total. The van der Waals surface area contributed by atoms with Crippen molar-refractivity contribution >= 4 is 11.6 Å². The van der Waals surface area contributed by atoms with Crippen LogP contribution in [0.15, 0.2) is 12.1 Å². The lowest BCUT2D eigenvalue weighted by molar-refractivity contribution is 0.180. The molecule has 88 valence electrons. The highest BCUT2D eigenvalue weighted by molar-refractivity contribution is 6.31. The van der Waals surface area contributed by atoms with Gasteiger partial charge in [0.15, 0.2) is 0 Å². The van der Waals surface area contributed by atoms with Crippen LogP contribution >= 0.6 is 11.6 Å². The third kappa shape index (κ3) is 1.99. The minimum Gasteiger partial charge on any atom is -0.388 e. The normalized spacial score (nSPS) is 20.9. The molecule has 0 heterocycles. The topological polar surface area (TPSA) is 20.2 Å². The Balaban J connectivity index is 2.44. The molecular weight excluding hydrogens is 220 g/mol. The number of hydrogen-bond donors (Lipinski definition) is 1. The molecule has 0 saturated heterocycles. The lowest BCUT2D eigenvalue weighted by atomic mass is 9.90. The van der Waals surface area contributed by atoms with Crippen LogP contribution in [-0.2, 0) is 6.42 Å². The summed E-state index contributed by atoms with van der Waals surface area (Å²) >= 11 is 6.30. The fourth-order valence-corrected chi connectivity index (χ4v) is 3.15. The summed E-state index contributed by atoms with van der Waals surface area (Å²) in [6.45, 7) is 4.43. The molecule has 0 bridgehead atoms. The number of benzene rings is 1. The van der Waals surface area contributed by atoms with E-state index in [2.05, 4.69) is 13.8 Å². The lowest BCUT2D eigenvalue weighted by Gasteiger charge is -2.17. The second-order valence-corrected chi connectivity index (χ2v) is 5.18. The molecule has 0 saturated carbocycles. The zero-order valence-electron chi connectivity index (χ0n) is 9.96. The molecule has 0 aliphatic heterocycles. The van der Waals surface area contributed by atoms with Gasteiger partial charge in [-0.05, 0) is 47.9 Å². The van der Waals surface area contributed by atoms with Crippen molar-refractivity contribution in [1.29, 1.82) is 0 Å². The maximum absolute atomic E-state index is 9.87. The van der Waals surface area contributed by atoms with Crippen molar-refractivity contribution in [2.75, 3.05) is 0 Å². The molecule has 1 aromatic rings. The van der Waals surface area contributed by atoms with E-state index in [-0.39, 0.29) is 6.10 Å². The Kier molecular flexibility index (Phi) is 3.56. The average molecular weight is 239 g/mol. The zero-order valence-corrected chi connectivity index (χ0v) is 10.7. The molecule has 0 spiro atoms. The maximum Gasteiger partial charge on any atom is 0.0796 e. The van der Waals surface area contributed by atoms with Crippen molar-refractivity contribution in [3.8, 4) is 0 Å². The monoisotopic (exact) mass is 238 g/mol. The Hall–Kier alpha value is -0.530. The third-order valence-electron chi connectivity index (χ3n) is 3.58. The van der Waals surface area contributed by atoms with Crippen LogP contribution in [0.4, 0.5) is 0 Å². The van der Waals surface area contributed by atoms with Gasteiger partial charge in [-0.1, -0.05) is 37.9 Å². The van der Waals surface area contributed by atoms with Gasteiger partial charge in [0.2, 0.25) is 0 Å². The second kappa shape index (κ2) is 4.77. The van der Waals surface area contributed by atoms with Crippen LogP contribution in [0, 0.1) is 0 Å². The highest BCUT2D eigenvalue weighted by Gasteiger charge is 2.25. The Morgan fingerprint density at radius 1 is 1.50 bits per heavy atom. The van der Waals surface area contributed by atoms with Gasteiger partial charge in [-0.15, -0.1) is 0 Å². The van der Waals surface area contributed by atoms with Crippen molar-refractivity contribution < 1.29 is 5.11 Å². The number of aliphatic hydroxyl groups excluding tert-OH is 1. The van der Waals surface area contributed by atoms with E-state index in [1.54, 1.807) is 0 Å². The summed E-state index contributed by atoms with van der Waals surface area (Å²) in [7, 11) is 0. The first-order chi connectivity index (χ1) is 7.65. The fourth-order valence-electron chi connectivity index (χ4n) is 2.79. The van der Waals surface area contributed by atoms with Crippen LogP contribution in [0.5, 0.6) is 0 Å². The van der Waals surface area contributed by atoms with E-state index >= 15 is 0 Å². The average Bonchev–Trinajstić information content (AvgIpc) is 2.60. The number of hydrogen-bond acceptors (Lipinski definition) is 1. The minimum absolute atomic E-state index is 0.278. The molecule has 2 heteroatoms. The summed E-state index contributed by atoms with van der Waals surface area (Å²) in [6, 6.07) is 3.92. The van der Waals surface area contributed by atoms with Crippen LogP contribution in [0.1, 0.15) is 61.8 Å². The summed E-state index contributed by atoms with van der Waals surface area (Å²) in [6.07, 6.45) is 3.87. The smallest absolute Gasteiger partial charge is 0.0796 e. The summed E-state index contributed by atoms with van der Waals surface area (Å²) in [5.41, 5.74) is 3.68. The number of rotatable bonds is 3. The lowest BCUT2D eigenvalue weighted by Crippen LogP contribution is -2.01. The van der Waals surface area contributed by atoms with E-state index in [0.29, 0.717) is 5.92 Å². The predicted octanol–water partition coefficient (Wildman–Crippen LogP) is 4.22. The highest BCUT2D eigenvalue weighted by Crippen LogP contribution is 2.40. The van der Waals surface area contributed by atoms with Gasteiger partial charge in [-0.3, -0.25) is 0 Å². The molecule has 0 fully saturated rings. The van der Waals surface area contributed by atoms with E-state index in [9.17, 15) is 5.11 Å². The van der Waals surface area contributed by atoms with Crippen LogP contribution < -0.4 is 0 Å². The first-order valence-corrected chi connectivity index (χ1v) is 6.52. The van der Waals surface area contributed by atoms with E-state index in [4.69, 9.17) is 11.6 Å². The molecule has 1 unspecified atom stereocenters. The van der Waals surface area contributed by atoms with Gasteiger partial charge in [0.1, 0.15) is 0 Å². The van der Waals surface area contributed by atoms with Gasteiger partial charge < -0.3 is 5.11 Å². The van der Waals surface area contributed by atoms with E-state index in [0.717, 1.165) is 29.8 Å². The molecule has 2 rings (SSSR count). The molecule has 1 N–H and O–H groups in total. The summed E-state index contributed by atoms with van der Waals surface area (Å²) < 4.78 is 0. The van der Waals surface area contributed by atoms with Crippen LogP contribution in [0.25, 0.3) is 0 Å². The van der Waals surface area contributed by atoms with Gasteiger partial charge in [0, 0.05) is 5.02 Å². The molecule has 16 heavy (non-hydrogen) atoms. The fraction of sp³-hybridized carbons (Fsp3) is 0.571. The van der Waals surface area contributed by atoms with Crippen molar-refractivity contribution in [1.82, 2.24) is 0 Å². The van der Waals surface area contributed by atoms with Crippen molar-refractivity contribution in [3.05, 3.63) is 33.8 Å². The minimum atomic E-state index is -0.278. The maximum atomic E-state index is 9.87. The summed E-state index contributed by atoms with van der Waals surface area (Å²) in [5, 5.41) is 10.7. The summed E-state index contributed by atoms with van der Waals surface area (Å²) in [5.74, 6) is 0.498. The molecule has 0 amide bonds. The zero-order chi connectivity index (χ0) is 11.7. The van der Waals surface area contributed by atoms with Crippen LogP contribution in [0.3, 0.4) is 0 Å². The standard InChI is InChI=1S/C14H19ClO/c1-3-4-9(2)14-11-6-8-13(16)10(11)5-7-12(14)15/h5,7,9,13,16H,3-4,6,8H2,1-2H3/t9-,13?/m1/s1. The second-order valence-electron chi connectivity index (χ2n) is 4.77. The van der Waals surface area contributed by atoms with E-state index in [1.165, 1.54) is 17.5 Å². The molecule has 1 aliphatic carbocycles. The molecule has 0 radical (unpaired) electrons. The first-order valence-electron chi connectivity index (χ1n) is 6.14. The molecule has 2 atom stereocenters. The van der Waals surface area contributed by atoms with Crippen LogP contribution in [0.2, 0.25) is 5.02 Å². The van der Waals surface area contributed by atoms with E-state index in [1.807, 2.05) is 12.1 Å². The van der Waals surface area contributed by atoms with Crippen LogP contribution in [-0.4, -0.2) is 5.11 Å². The van der Waals surface area contributed by atoms with Crippen molar-refractivity contribution in [2.45, 2.75) is 51.6 Å². The van der Waals surface area contributed by atoms with Gasteiger partial charge in [-0.25, -0.2) is 0 Å². The Labute approximate surface area is 102 Å². The predicted molar refractivity (Wildman–Crippen MR) is 68.1 cm³/mol. The van der Waals surface area contributed by atoms with E-state index < -0.39 is 0 Å². The Morgan fingerprint density at radius 2 is 2.25 bits per heavy atom. The molecule has 0 aromatic heterocycles. The van der Waals surface area contributed by atoms with Gasteiger partial charge in [0.25, 0.3) is 0 Å². The summed E-state index contributed by atoms with van der Waals surface area (Å²) in [4.78, 5) is 0. The molecular formula is C14H19ClO. The number of halogens is 1. The Bertz CT molecular complexity index is 387. The highest BCUT2D eigenvalue weighted by atomic mass is 35.5. The quantitative estimate of drug-likeness (QED) is 0.836. The Morgan fingerprint density at radius 3 is 2.94 bits per heavy atom. The van der Waals surface area contributed by atoms with Gasteiger partial charge in [-0.2, -0.15) is 0 Å².